The molecule has 0 bridgehead atoms. The Morgan fingerprint density at radius 1 is 0.897 bits per heavy atom. The highest BCUT2D eigenvalue weighted by molar-refractivity contribution is 6.07. The van der Waals surface area contributed by atoms with E-state index in [1.54, 1.807) is 0 Å². The van der Waals surface area contributed by atoms with E-state index in [0.717, 1.165) is 68.6 Å². The van der Waals surface area contributed by atoms with Crippen LogP contribution >= 0.6 is 0 Å². The molecule has 1 fully saturated rings. The second kappa shape index (κ2) is 14.8. The van der Waals surface area contributed by atoms with E-state index in [1.807, 2.05) is 43.5 Å². The topological polar surface area (TPSA) is 78.8 Å². The maximum atomic E-state index is 13.2. The van der Waals surface area contributed by atoms with Gasteiger partial charge in [-0.3, -0.25) is 14.5 Å². The van der Waals surface area contributed by atoms with Gasteiger partial charge in [0.05, 0.1) is 24.2 Å². The summed E-state index contributed by atoms with van der Waals surface area (Å²) >= 11 is 0. The van der Waals surface area contributed by atoms with E-state index in [4.69, 9.17) is 4.74 Å². The monoisotopic (exact) mass is 533 g/mol. The van der Waals surface area contributed by atoms with Crippen molar-refractivity contribution in [2.24, 2.45) is 0 Å². The molecule has 8 heteroatoms. The molecule has 1 aromatic heterocycles. The molecule has 1 aliphatic rings. The molecule has 4 rings (SSSR count). The highest BCUT2D eigenvalue weighted by Gasteiger charge is 2.20. The average molecular weight is 534 g/mol. The van der Waals surface area contributed by atoms with Crippen LogP contribution in [0, 0.1) is 0 Å². The van der Waals surface area contributed by atoms with Crippen molar-refractivity contribution in [3.8, 4) is 0 Å². The predicted molar refractivity (Wildman–Crippen MR) is 156 cm³/mol. The number of aryl methyl sites for hydroxylation is 2. The van der Waals surface area contributed by atoms with Gasteiger partial charge in [0.15, 0.2) is 0 Å². The van der Waals surface area contributed by atoms with Crippen LogP contribution in [0.15, 0.2) is 54.7 Å². The first-order chi connectivity index (χ1) is 19.1. The van der Waals surface area contributed by atoms with Crippen LogP contribution in [-0.2, 0) is 29.0 Å². The summed E-state index contributed by atoms with van der Waals surface area (Å²) in [5.74, 6) is 0.0341. The molecule has 1 saturated heterocycles. The van der Waals surface area contributed by atoms with E-state index < -0.39 is 0 Å². The molecule has 0 spiro atoms. The van der Waals surface area contributed by atoms with Crippen LogP contribution in [0.1, 0.15) is 41.8 Å². The number of carbonyl (C=O) groups is 2. The van der Waals surface area contributed by atoms with E-state index in [2.05, 4.69) is 50.1 Å². The summed E-state index contributed by atoms with van der Waals surface area (Å²) in [5.41, 5.74) is 4.27. The van der Waals surface area contributed by atoms with Gasteiger partial charge in [-0.25, -0.2) is 0 Å². The molecular formula is C31H43N5O3. The van der Waals surface area contributed by atoms with Crippen molar-refractivity contribution in [2.45, 2.75) is 39.8 Å². The van der Waals surface area contributed by atoms with Crippen molar-refractivity contribution in [3.05, 3.63) is 71.4 Å². The summed E-state index contributed by atoms with van der Waals surface area (Å²) in [6, 6.07) is 16.3. The van der Waals surface area contributed by atoms with Gasteiger partial charge in [0.25, 0.3) is 5.91 Å². The van der Waals surface area contributed by atoms with Crippen LogP contribution in [-0.4, -0.2) is 85.2 Å². The maximum Gasteiger partial charge on any atom is 0.253 e. The maximum absolute atomic E-state index is 13.2. The van der Waals surface area contributed by atoms with E-state index in [1.165, 1.54) is 11.1 Å². The lowest BCUT2D eigenvalue weighted by atomic mass is 10.1. The zero-order valence-electron chi connectivity index (χ0n) is 23.5. The third-order valence-corrected chi connectivity index (χ3v) is 7.38. The van der Waals surface area contributed by atoms with Gasteiger partial charge in [0.1, 0.15) is 0 Å². The molecular weight excluding hydrogens is 490 g/mol. The number of hydrogen-bond donors (Lipinski definition) is 2. The van der Waals surface area contributed by atoms with Crippen LogP contribution in [0.4, 0.5) is 0 Å². The molecule has 0 radical (unpaired) electrons. The number of carbonyl (C=O) groups excluding carboxylic acids is 2. The van der Waals surface area contributed by atoms with Gasteiger partial charge in [-0.05, 0) is 37.4 Å². The molecule has 0 atom stereocenters. The van der Waals surface area contributed by atoms with Crippen LogP contribution in [0.3, 0.4) is 0 Å². The number of rotatable bonds is 14. The van der Waals surface area contributed by atoms with Gasteiger partial charge in [-0.15, -0.1) is 0 Å². The number of nitrogens with zero attached hydrogens (tertiary/aromatic N) is 3. The van der Waals surface area contributed by atoms with Gasteiger partial charge in [0, 0.05) is 64.0 Å². The Hall–Kier alpha value is -3.20. The zero-order chi connectivity index (χ0) is 27.5. The van der Waals surface area contributed by atoms with Crippen molar-refractivity contribution in [3.63, 3.8) is 0 Å². The number of para-hydroxylation sites is 1. The fourth-order valence-corrected chi connectivity index (χ4v) is 5.26. The Kier molecular flexibility index (Phi) is 10.9. The number of nitrogens with one attached hydrogen (secondary N) is 2. The lowest BCUT2D eigenvalue weighted by molar-refractivity contribution is -0.122. The van der Waals surface area contributed by atoms with E-state index >= 15 is 0 Å². The summed E-state index contributed by atoms with van der Waals surface area (Å²) in [4.78, 5) is 30.0. The van der Waals surface area contributed by atoms with Crippen LogP contribution in [0.2, 0.25) is 0 Å². The van der Waals surface area contributed by atoms with E-state index in [-0.39, 0.29) is 11.8 Å². The number of ether oxygens (including phenoxy) is 1. The minimum Gasteiger partial charge on any atom is -0.380 e. The molecule has 1 aliphatic heterocycles. The molecule has 210 valence electrons. The Bertz CT molecular complexity index is 1200. The highest BCUT2D eigenvalue weighted by atomic mass is 16.5. The smallest absolute Gasteiger partial charge is 0.253 e. The van der Waals surface area contributed by atoms with Crippen molar-refractivity contribution in [1.82, 2.24) is 25.0 Å². The largest absolute Gasteiger partial charge is 0.380 e. The molecule has 0 aliphatic carbocycles. The Morgan fingerprint density at radius 2 is 1.67 bits per heavy atom. The SMILES string of the molecule is CCOCCNC(=O)CN1CCN(CCCn2cc(C(=O)NCc3ccccc3)c3cccc(CC)c32)CC1. The van der Waals surface area contributed by atoms with Gasteiger partial charge < -0.3 is 24.8 Å². The quantitative estimate of drug-likeness (QED) is 0.311. The molecule has 39 heavy (non-hydrogen) atoms. The van der Waals surface area contributed by atoms with Crippen molar-refractivity contribution in [1.29, 1.82) is 0 Å². The molecule has 0 saturated carbocycles. The zero-order valence-corrected chi connectivity index (χ0v) is 23.5. The predicted octanol–water partition coefficient (Wildman–Crippen LogP) is 3.29. The second-order valence-corrected chi connectivity index (χ2v) is 10.1. The fourth-order valence-electron chi connectivity index (χ4n) is 5.26. The number of hydrogen-bond acceptors (Lipinski definition) is 5. The van der Waals surface area contributed by atoms with Crippen molar-refractivity contribution >= 4 is 22.7 Å². The van der Waals surface area contributed by atoms with Crippen LogP contribution in [0.5, 0.6) is 0 Å². The van der Waals surface area contributed by atoms with Crippen LogP contribution in [0.25, 0.3) is 10.9 Å². The first kappa shape index (κ1) is 28.8. The summed E-state index contributed by atoms with van der Waals surface area (Å²) in [6.45, 7) is 12.5. The minimum absolute atomic E-state index is 0.0334. The third kappa shape index (κ3) is 8.14. The lowest BCUT2D eigenvalue weighted by Gasteiger charge is -2.34. The number of benzene rings is 2. The molecule has 8 nitrogen and oxygen atoms in total. The Balaban J connectivity index is 1.29. The van der Waals surface area contributed by atoms with E-state index in [9.17, 15) is 9.59 Å². The normalized spacial score (nSPS) is 14.5. The number of piperazine rings is 1. The first-order valence-corrected chi connectivity index (χ1v) is 14.3. The Labute approximate surface area is 232 Å². The first-order valence-electron chi connectivity index (χ1n) is 14.3. The van der Waals surface area contributed by atoms with Crippen LogP contribution < -0.4 is 10.6 Å². The molecule has 2 heterocycles. The molecule has 2 aromatic carbocycles. The van der Waals surface area contributed by atoms with Gasteiger partial charge in [-0.2, -0.15) is 0 Å². The summed E-state index contributed by atoms with van der Waals surface area (Å²) in [6.07, 6.45) is 3.96. The molecule has 2 N–H and O–H groups in total. The number of amides is 2. The minimum atomic E-state index is -0.0334. The van der Waals surface area contributed by atoms with Crippen molar-refractivity contribution < 1.29 is 14.3 Å². The van der Waals surface area contributed by atoms with Gasteiger partial charge in [-0.1, -0.05) is 55.5 Å². The average Bonchev–Trinajstić information content (AvgIpc) is 3.34. The van der Waals surface area contributed by atoms with Crippen molar-refractivity contribution in [2.75, 3.05) is 59.0 Å². The highest BCUT2D eigenvalue weighted by Crippen LogP contribution is 2.26. The molecule has 3 aromatic rings. The standard InChI is InChI=1S/C31H43N5O3/c1-3-26-12-8-13-27-28(31(38)33-22-25-10-6-5-7-11-25)23-36(30(26)27)16-9-15-34-17-19-35(20-18-34)24-29(37)32-14-21-39-4-2/h5-8,10-13,23H,3-4,9,14-22,24H2,1-2H3,(H,32,37)(H,33,38). The second-order valence-electron chi connectivity index (χ2n) is 10.1. The van der Waals surface area contributed by atoms with Gasteiger partial charge in [0.2, 0.25) is 5.91 Å². The Morgan fingerprint density at radius 3 is 2.41 bits per heavy atom. The number of fused-ring (bicyclic) bond motifs is 1. The number of aromatic nitrogens is 1. The molecule has 0 unspecified atom stereocenters. The lowest BCUT2D eigenvalue weighted by Crippen LogP contribution is -2.49. The summed E-state index contributed by atoms with van der Waals surface area (Å²) in [7, 11) is 0. The van der Waals surface area contributed by atoms with E-state index in [0.29, 0.717) is 32.8 Å². The van der Waals surface area contributed by atoms with Gasteiger partial charge >= 0.3 is 0 Å². The molecule has 2 amide bonds. The summed E-state index contributed by atoms with van der Waals surface area (Å²) in [5, 5.41) is 7.05. The summed E-state index contributed by atoms with van der Waals surface area (Å²) < 4.78 is 7.55. The third-order valence-electron chi connectivity index (χ3n) is 7.38. The fraction of sp³-hybridized carbons (Fsp3) is 0.484.